The van der Waals surface area contributed by atoms with Crippen LogP contribution >= 0.6 is 11.6 Å². The summed E-state index contributed by atoms with van der Waals surface area (Å²) in [5.41, 5.74) is 2.42. The van der Waals surface area contributed by atoms with Crippen LogP contribution < -0.4 is 0 Å². The highest BCUT2D eigenvalue weighted by Gasteiger charge is 2.27. The van der Waals surface area contributed by atoms with Crippen LogP contribution in [0.5, 0.6) is 0 Å². The summed E-state index contributed by atoms with van der Waals surface area (Å²) in [5, 5.41) is 4.13. The molecule has 2 heterocycles. The number of methoxy groups -OCH3 is 1. The highest BCUT2D eigenvalue weighted by molar-refractivity contribution is 6.20. The molecule has 0 radical (unpaired) electrons. The third-order valence-electron chi connectivity index (χ3n) is 3.36. The molecule has 2 aromatic heterocycles. The molecule has 0 bridgehead atoms. The van der Waals surface area contributed by atoms with Gasteiger partial charge in [-0.25, -0.2) is 14.5 Å². The summed E-state index contributed by atoms with van der Waals surface area (Å²) >= 11 is 6.21. The molecule has 0 aliphatic rings. The van der Waals surface area contributed by atoms with Crippen molar-refractivity contribution in [3.05, 3.63) is 11.5 Å². The van der Waals surface area contributed by atoms with Crippen molar-refractivity contribution >= 4 is 28.7 Å². The van der Waals surface area contributed by atoms with Gasteiger partial charge in [-0.1, -0.05) is 0 Å². The molecular weight excluding hydrogens is 280 g/mol. The molecule has 0 amide bonds. The van der Waals surface area contributed by atoms with E-state index in [4.69, 9.17) is 16.3 Å². The molecule has 2 unspecified atom stereocenters. The number of nitrogens with zero attached hydrogens (tertiary/aromatic N) is 4. The third kappa shape index (κ3) is 2.18. The average molecular weight is 299 g/mol. The van der Waals surface area contributed by atoms with E-state index in [2.05, 4.69) is 10.1 Å². The second kappa shape index (κ2) is 5.44. The van der Waals surface area contributed by atoms with Crippen LogP contribution in [0.25, 0.3) is 11.2 Å². The van der Waals surface area contributed by atoms with Gasteiger partial charge in [0, 0.05) is 6.54 Å². The Bertz CT molecular complexity index is 644. The summed E-state index contributed by atoms with van der Waals surface area (Å²) in [7, 11) is 1.37. The molecule has 2 aromatic rings. The number of rotatable bonds is 4. The van der Waals surface area contributed by atoms with Crippen LogP contribution in [0, 0.1) is 6.92 Å². The Hall–Kier alpha value is -1.56. The van der Waals surface area contributed by atoms with E-state index in [9.17, 15) is 4.79 Å². The van der Waals surface area contributed by atoms with Gasteiger partial charge in [0.2, 0.25) is 0 Å². The van der Waals surface area contributed by atoms with E-state index in [1.54, 1.807) is 6.92 Å². The zero-order valence-electron chi connectivity index (χ0n) is 12.3. The van der Waals surface area contributed by atoms with Crippen LogP contribution in [-0.4, -0.2) is 32.4 Å². The number of halogens is 1. The molecule has 0 saturated heterocycles. The van der Waals surface area contributed by atoms with E-state index < -0.39 is 6.04 Å². The number of carbonyl (C=O) groups is 1. The van der Waals surface area contributed by atoms with Gasteiger partial charge >= 0.3 is 5.97 Å². The molecule has 0 aromatic carbocycles. The maximum atomic E-state index is 11.9. The van der Waals surface area contributed by atoms with Crippen LogP contribution in [0.2, 0.25) is 0 Å². The number of hydrogen-bond donors (Lipinski definition) is 0. The first-order chi connectivity index (χ1) is 9.42. The molecule has 2 rings (SSSR count). The number of carbonyl (C=O) groups excluding carboxylic acids is 1. The number of hydrogen-bond acceptors (Lipinski definition) is 4. The minimum absolute atomic E-state index is 0.306. The molecule has 0 spiro atoms. The number of aryl methyl sites for hydroxylation is 2. The summed E-state index contributed by atoms with van der Waals surface area (Å²) in [6.45, 7) is 8.20. The first-order valence-electron chi connectivity index (χ1n) is 6.59. The largest absolute Gasteiger partial charge is 0.467 e. The molecule has 110 valence electrons. The maximum absolute atomic E-state index is 11.9. The Morgan fingerprint density at radius 3 is 2.60 bits per heavy atom. The van der Waals surface area contributed by atoms with Gasteiger partial charge in [0.05, 0.1) is 18.2 Å². The van der Waals surface area contributed by atoms with Crippen LogP contribution in [0.3, 0.4) is 0 Å². The number of aromatic nitrogens is 4. The predicted molar refractivity (Wildman–Crippen MR) is 76.9 cm³/mol. The van der Waals surface area contributed by atoms with E-state index in [0.717, 1.165) is 16.9 Å². The third-order valence-corrected chi connectivity index (χ3v) is 3.55. The van der Waals surface area contributed by atoms with Gasteiger partial charge in [-0.15, -0.1) is 11.6 Å². The second-order valence-corrected chi connectivity index (χ2v) is 5.38. The van der Waals surface area contributed by atoms with E-state index >= 15 is 0 Å². The highest BCUT2D eigenvalue weighted by Crippen LogP contribution is 2.30. The molecule has 20 heavy (non-hydrogen) atoms. The molecular formula is C13H19ClN4O2. The Kier molecular flexibility index (Phi) is 4.04. The normalized spacial score (nSPS) is 14.5. The number of esters is 1. The number of imidazole rings is 1. The van der Waals surface area contributed by atoms with E-state index in [1.165, 1.54) is 7.11 Å². The summed E-state index contributed by atoms with van der Waals surface area (Å²) in [6.07, 6.45) is 0. The van der Waals surface area contributed by atoms with Gasteiger partial charge in [-0.3, -0.25) is 4.57 Å². The smallest absolute Gasteiger partial charge is 0.328 e. The zero-order valence-corrected chi connectivity index (χ0v) is 13.1. The zero-order chi connectivity index (χ0) is 15.0. The molecule has 6 nitrogen and oxygen atoms in total. The predicted octanol–water partition coefficient (Wildman–Crippen LogP) is 2.59. The lowest BCUT2D eigenvalue weighted by Gasteiger charge is -2.17. The highest BCUT2D eigenvalue weighted by atomic mass is 35.5. The number of fused-ring (bicyclic) bond motifs is 1. The fourth-order valence-electron chi connectivity index (χ4n) is 2.36. The van der Waals surface area contributed by atoms with E-state index in [0.29, 0.717) is 12.4 Å². The van der Waals surface area contributed by atoms with Crippen LogP contribution in [0.4, 0.5) is 0 Å². The van der Waals surface area contributed by atoms with E-state index in [1.807, 2.05) is 30.0 Å². The Morgan fingerprint density at radius 2 is 2.10 bits per heavy atom. The van der Waals surface area contributed by atoms with Gasteiger partial charge in [0.25, 0.3) is 0 Å². The van der Waals surface area contributed by atoms with Crippen molar-refractivity contribution < 1.29 is 9.53 Å². The minimum Gasteiger partial charge on any atom is -0.467 e. The molecule has 0 aliphatic carbocycles. The fraction of sp³-hybridized carbons (Fsp3) is 0.615. The van der Waals surface area contributed by atoms with Gasteiger partial charge in [-0.2, -0.15) is 5.10 Å². The number of alkyl halides is 1. The number of ether oxygens (including phenoxy) is 1. The summed E-state index contributed by atoms with van der Waals surface area (Å²) in [4.78, 5) is 16.4. The van der Waals surface area contributed by atoms with Crippen molar-refractivity contribution in [3.8, 4) is 0 Å². The SMILES string of the molecule is CCn1nc(C)c2nc(C(C)Cl)n(C(C)C(=O)OC)c21. The summed E-state index contributed by atoms with van der Waals surface area (Å²) in [6, 6.07) is -0.498. The summed E-state index contributed by atoms with van der Waals surface area (Å²) < 4.78 is 8.49. The minimum atomic E-state index is -0.498. The van der Waals surface area contributed by atoms with Gasteiger partial charge in [0.1, 0.15) is 17.4 Å². The van der Waals surface area contributed by atoms with Crippen molar-refractivity contribution in [2.45, 2.75) is 45.7 Å². The quantitative estimate of drug-likeness (QED) is 0.643. The van der Waals surface area contributed by atoms with Gasteiger partial charge < -0.3 is 4.74 Å². The Labute approximate surface area is 122 Å². The second-order valence-electron chi connectivity index (χ2n) is 4.73. The maximum Gasteiger partial charge on any atom is 0.328 e. The fourth-order valence-corrected chi connectivity index (χ4v) is 2.52. The lowest BCUT2D eigenvalue weighted by molar-refractivity contribution is -0.144. The van der Waals surface area contributed by atoms with Crippen LogP contribution in [0.1, 0.15) is 43.7 Å². The molecule has 0 aliphatic heterocycles. The van der Waals surface area contributed by atoms with Crippen molar-refractivity contribution in [2.24, 2.45) is 0 Å². The Balaban J connectivity index is 2.76. The van der Waals surface area contributed by atoms with Crippen molar-refractivity contribution in [2.75, 3.05) is 7.11 Å². The van der Waals surface area contributed by atoms with E-state index in [-0.39, 0.29) is 11.3 Å². The topological polar surface area (TPSA) is 61.9 Å². The Morgan fingerprint density at radius 1 is 1.45 bits per heavy atom. The molecule has 0 N–H and O–H groups in total. The van der Waals surface area contributed by atoms with Gasteiger partial charge in [0.15, 0.2) is 5.65 Å². The molecule has 0 fully saturated rings. The standard InChI is InChI=1S/C13H19ClN4O2/c1-6-17-12-10(8(3)16-17)15-11(7(2)14)18(12)9(4)13(19)20-5/h7,9H,6H2,1-5H3. The first kappa shape index (κ1) is 14.8. The van der Waals surface area contributed by atoms with Crippen molar-refractivity contribution in [1.82, 2.24) is 19.3 Å². The molecule has 2 atom stereocenters. The summed E-state index contributed by atoms with van der Waals surface area (Å²) in [5.74, 6) is 0.326. The van der Waals surface area contributed by atoms with Gasteiger partial charge in [-0.05, 0) is 27.7 Å². The van der Waals surface area contributed by atoms with Crippen LogP contribution in [-0.2, 0) is 16.1 Å². The lowest BCUT2D eigenvalue weighted by Crippen LogP contribution is -2.21. The average Bonchev–Trinajstić information content (AvgIpc) is 2.95. The van der Waals surface area contributed by atoms with Crippen molar-refractivity contribution in [3.63, 3.8) is 0 Å². The monoisotopic (exact) mass is 298 g/mol. The molecule has 0 saturated carbocycles. The van der Waals surface area contributed by atoms with Crippen LogP contribution in [0.15, 0.2) is 0 Å². The molecule has 7 heteroatoms. The van der Waals surface area contributed by atoms with Crippen molar-refractivity contribution in [1.29, 1.82) is 0 Å². The lowest BCUT2D eigenvalue weighted by atomic mass is 10.3. The first-order valence-corrected chi connectivity index (χ1v) is 7.03.